The lowest BCUT2D eigenvalue weighted by molar-refractivity contribution is 0.0942. The zero-order valence-electron chi connectivity index (χ0n) is 18.6. The molecular formula is C23H23FN6O4. The van der Waals surface area contributed by atoms with Gasteiger partial charge in [0.05, 0.1) is 42.9 Å². The molecule has 3 aromatic rings. The molecule has 1 fully saturated rings. The summed E-state index contributed by atoms with van der Waals surface area (Å²) in [5.74, 6) is -1.16. The first-order valence-corrected chi connectivity index (χ1v) is 10.6. The van der Waals surface area contributed by atoms with Gasteiger partial charge in [0.25, 0.3) is 11.8 Å². The van der Waals surface area contributed by atoms with E-state index in [4.69, 9.17) is 15.3 Å². The summed E-state index contributed by atoms with van der Waals surface area (Å²) in [5, 5.41) is 4.21. The maximum atomic E-state index is 13.4. The first-order chi connectivity index (χ1) is 16.4. The Hall–Kier alpha value is -4.12. The number of hydrogen-bond donors (Lipinski definition) is 2. The van der Waals surface area contributed by atoms with Crippen LogP contribution in [0.2, 0.25) is 0 Å². The molecule has 1 aromatic carbocycles. The van der Waals surface area contributed by atoms with Crippen molar-refractivity contribution in [3.05, 3.63) is 59.9 Å². The molecule has 3 N–H and O–H groups in total. The predicted octanol–water partition coefficient (Wildman–Crippen LogP) is 2.77. The van der Waals surface area contributed by atoms with Crippen LogP contribution in [0.3, 0.4) is 0 Å². The van der Waals surface area contributed by atoms with Crippen LogP contribution in [0.25, 0.3) is 11.4 Å². The van der Waals surface area contributed by atoms with Crippen molar-refractivity contribution >= 4 is 23.2 Å². The second kappa shape index (κ2) is 9.79. The highest BCUT2D eigenvalue weighted by Gasteiger charge is 2.28. The minimum atomic E-state index is -0.752. The minimum absolute atomic E-state index is 0.0434. The van der Waals surface area contributed by atoms with Gasteiger partial charge in [0.1, 0.15) is 11.4 Å². The van der Waals surface area contributed by atoms with E-state index in [0.29, 0.717) is 17.0 Å². The van der Waals surface area contributed by atoms with E-state index >= 15 is 0 Å². The summed E-state index contributed by atoms with van der Waals surface area (Å²) in [4.78, 5) is 42.9. The fourth-order valence-electron chi connectivity index (χ4n) is 3.34. The van der Waals surface area contributed by atoms with Gasteiger partial charge in [-0.05, 0) is 38.0 Å². The van der Waals surface area contributed by atoms with Crippen LogP contribution in [0.4, 0.5) is 15.8 Å². The topological polar surface area (TPSA) is 133 Å². The molecule has 11 heteroatoms. The molecule has 0 bridgehead atoms. The third-order valence-electron chi connectivity index (χ3n) is 5.05. The number of methoxy groups -OCH3 is 1. The normalized spacial score (nSPS) is 12.8. The number of amides is 2. The number of halogens is 1. The summed E-state index contributed by atoms with van der Waals surface area (Å²) in [5.41, 5.74) is 6.81. The molecule has 0 saturated heterocycles. The van der Waals surface area contributed by atoms with E-state index in [2.05, 4.69) is 20.3 Å². The standard InChI is InChI=1S/C23H23FN6O4/c1-3-34-30(18-6-4-5-15(20(18)33-2)22-27-10-13(24)11-28-22)19-9-17(23(32)29-14-7-8-14)26-12-16(19)21(25)31/h4-6,9-12,14H,3,7-8H2,1-2H3,(H2,25,31)(H,29,32). The van der Waals surface area contributed by atoms with Crippen molar-refractivity contribution in [1.29, 1.82) is 0 Å². The van der Waals surface area contributed by atoms with Gasteiger partial charge in [0, 0.05) is 12.2 Å². The number of nitrogens with one attached hydrogen (secondary N) is 1. The zero-order chi connectivity index (χ0) is 24.2. The number of primary amides is 1. The predicted molar refractivity (Wildman–Crippen MR) is 121 cm³/mol. The lowest BCUT2D eigenvalue weighted by Gasteiger charge is -2.27. The lowest BCUT2D eigenvalue weighted by atomic mass is 10.1. The van der Waals surface area contributed by atoms with Gasteiger partial charge in [0.2, 0.25) is 0 Å². The van der Waals surface area contributed by atoms with Crippen molar-refractivity contribution in [3.8, 4) is 17.1 Å². The van der Waals surface area contributed by atoms with Crippen molar-refractivity contribution < 1.29 is 23.6 Å². The van der Waals surface area contributed by atoms with E-state index in [0.717, 1.165) is 25.2 Å². The zero-order valence-corrected chi connectivity index (χ0v) is 18.6. The Morgan fingerprint density at radius 3 is 2.53 bits per heavy atom. The van der Waals surface area contributed by atoms with Gasteiger partial charge < -0.3 is 15.8 Å². The highest BCUT2D eigenvalue weighted by Crippen LogP contribution is 2.41. The van der Waals surface area contributed by atoms with Gasteiger partial charge in [0.15, 0.2) is 17.4 Å². The number of nitrogens with two attached hydrogens (primary N) is 1. The Kier molecular flexibility index (Phi) is 6.64. The Balaban J connectivity index is 1.84. The summed E-state index contributed by atoms with van der Waals surface area (Å²) in [6.45, 7) is 1.98. The molecule has 0 atom stereocenters. The first-order valence-electron chi connectivity index (χ1n) is 10.6. The number of anilines is 2. The maximum absolute atomic E-state index is 13.4. The van der Waals surface area contributed by atoms with Crippen molar-refractivity contribution in [2.45, 2.75) is 25.8 Å². The third kappa shape index (κ3) is 4.79. The van der Waals surface area contributed by atoms with Crippen LogP contribution in [-0.4, -0.2) is 46.5 Å². The van der Waals surface area contributed by atoms with Crippen LogP contribution >= 0.6 is 0 Å². The second-order valence-corrected chi connectivity index (χ2v) is 7.49. The molecule has 176 valence electrons. The number of benzene rings is 1. The van der Waals surface area contributed by atoms with Crippen molar-refractivity contribution in [1.82, 2.24) is 20.3 Å². The highest BCUT2D eigenvalue weighted by atomic mass is 19.1. The fourth-order valence-corrected chi connectivity index (χ4v) is 3.34. The van der Waals surface area contributed by atoms with Crippen LogP contribution < -0.4 is 20.9 Å². The van der Waals surface area contributed by atoms with Crippen molar-refractivity contribution in [2.24, 2.45) is 5.73 Å². The lowest BCUT2D eigenvalue weighted by Crippen LogP contribution is -2.28. The summed E-state index contributed by atoms with van der Waals surface area (Å²) in [6, 6.07) is 6.67. The van der Waals surface area contributed by atoms with Gasteiger partial charge in [-0.1, -0.05) is 6.07 Å². The summed E-state index contributed by atoms with van der Waals surface area (Å²) in [6.07, 6.45) is 5.17. The maximum Gasteiger partial charge on any atom is 0.270 e. The van der Waals surface area contributed by atoms with E-state index in [1.165, 1.54) is 24.4 Å². The molecule has 0 unspecified atom stereocenters. The van der Waals surface area contributed by atoms with Gasteiger partial charge in [-0.25, -0.2) is 19.4 Å². The van der Waals surface area contributed by atoms with Crippen LogP contribution in [0.5, 0.6) is 5.75 Å². The van der Waals surface area contributed by atoms with Crippen LogP contribution in [0.15, 0.2) is 42.9 Å². The Morgan fingerprint density at radius 2 is 1.91 bits per heavy atom. The van der Waals surface area contributed by atoms with E-state index in [9.17, 15) is 14.0 Å². The highest BCUT2D eigenvalue weighted by molar-refractivity contribution is 6.02. The molecule has 1 aliphatic carbocycles. The number of hydrogen-bond acceptors (Lipinski definition) is 8. The van der Waals surface area contributed by atoms with Gasteiger partial charge in [-0.2, -0.15) is 0 Å². The van der Waals surface area contributed by atoms with Gasteiger partial charge in [-0.3, -0.25) is 19.4 Å². The SMILES string of the molecule is CCON(c1cc(C(=O)NC2CC2)ncc1C(N)=O)c1cccc(-c2ncc(F)cn2)c1OC. The number of pyridine rings is 1. The second-order valence-electron chi connectivity index (χ2n) is 7.49. The third-order valence-corrected chi connectivity index (χ3v) is 5.05. The largest absolute Gasteiger partial charge is 0.494 e. The Labute approximate surface area is 194 Å². The van der Waals surface area contributed by atoms with E-state index in [1.54, 1.807) is 25.1 Å². The molecule has 2 heterocycles. The van der Waals surface area contributed by atoms with Crippen molar-refractivity contribution in [3.63, 3.8) is 0 Å². The van der Waals surface area contributed by atoms with E-state index in [-0.39, 0.29) is 41.3 Å². The molecule has 34 heavy (non-hydrogen) atoms. The van der Waals surface area contributed by atoms with Crippen molar-refractivity contribution in [2.75, 3.05) is 18.8 Å². The number of carbonyl (C=O) groups is 2. The van der Waals surface area contributed by atoms with E-state index in [1.807, 2.05) is 0 Å². The Bertz CT molecular complexity index is 1220. The molecular weight excluding hydrogens is 443 g/mol. The molecule has 1 aliphatic rings. The average molecular weight is 466 g/mol. The first kappa shape index (κ1) is 23.1. The van der Waals surface area contributed by atoms with E-state index < -0.39 is 11.7 Å². The average Bonchev–Trinajstić information content (AvgIpc) is 3.66. The quantitative estimate of drug-likeness (QED) is 0.460. The molecule has 4 rings (SSSR count). The molecule has 0 spiro atoms. The molecule has 10 nitrogen and oxygen atoms in total. The smallest absolute Gasteiger partial charge is 0.270 e. The number of ether oxygens (including phenoxy) is 1. The molecule has 2 aromatic heterocycles. The molecule has 0 aliphatic heterocycles. The summed E-state index contributed by atoms with van der Waals surface area (Å²) >= 11 is 0. The molecule has 1 saturated carbocycles. The number of nitrogens with zero attached hydrogens (tertiary/aromatic N) is 4. The van der Waals surface area contributed by atoms with Gasteiger partial charge >= 0.3 is 0 Å². The fraction of sp³-hybridized carbons (Fsp3) is 0.261. The molecule has 2 amide bonds. The summed E-state index contributed by atoms with van der Waals surface area (Å²) < 4.78 is 19.0. The number of aromatic nitrogens is 3. The number of carbonyl (C=O) groups excluding carboxylic acids is 2. The molecule has 0 radical (unpaired) electrons. The van der Waals surface area contributed by atoms with Gasteiger partial charge in [-0.15, -0.1) is 0 Å². The number of rotatable bonds is 9. The monoisotopic (exact) mass is 466 g/mol. The van der Waals surface area contributed by atoms with Crippen LogP contribution in [-0.2, 0) is 4.84 Å². The summed E-state index contributed by atoms with van der Waals surface area (Å²) in [7, 11) is 1.45. The number of para-hydroxylation sites is 1. The Morgan fingerprint density at radius 1 is 1.18 bits per heavy atom. The van der Waals surface area contributed by atoms with Crippen LogP contribution in [0, 0.1) is 5.82 Å². The van der Waals surface area contributed by atoms with Crippen LogP contribution in [0.1, 0.15) is 40.6 Å². The minimum Gasteiger partial charge on any atom is -0.494 e.